The van der Waals surface area contributed by atoms with Gasteiger partial charge in [-0.3, -0.25) is 0 Å². The van der Waals surface area contributed by atoms with Crippen LogP contribution in [0.4, 0.5) is 0 Å². The second kappa shape index (κ2) is 5.82. The van der Waals surface area contributed by atoms with Crippen molar-refractivity contribution in [2.45, 2.75) is 32.7 Å². The van der Waals surface area contributed by atoms with Crippen LogP contribution in [0.1, 0.15) is 30.9 Å². The van der Waals surface area contributed by atoms with E-state index in [1.807, 2.05) is 0 Å². The number of benzene rings is 1. The van der Waals surface area contributed by atoms with Gasteiger partial charge in [-0.1, -0.05) is 37.6 Å². The highest BCUT2D eigenvalue weighted by Gasteiger charge is 2.01. The molecule has 0 radical (unpaired) electrons. The molecule has 0 spiro atoms. The standard InChI is InChI=1S/C13H21N/c1-4-5-8-12-9-6-7-10-13(12)11-14(2)3/h6-7,9-10H,4-5,8,11H2,1-3H3. The van der Waals surface area contributed by atoms with Crippen LogP contribution in [-0.4, -0.2) is 19.0 Å². The van der Waals surface area contributed by atoms with Crippen LogP contribution in [0.3, 0.4) is 0 Å². The van der Waals surface area contributed by atoms with E-state index in [9.17, 15) is 0 Å². The molecule has 14 heavy (non-hydrogen) atoms. The summed E-state index contributed by atoms with van der Waals surface area (Å²) >= 11 is 0. The minimum absolute atomic E-state index is 1.06. The minimum atomic E-state index is 1.06. The lowest BCUT2D eigenvalue weighted by atomic mass is 10.0. The van der Waals surface area contributed by atoms with Crippen molar-refractivity contribution < 1.29 is 0 Å². The molecule has 0 atom stereocenters. The molecular weight excluding hydrogens is 170 g/mol. The number of aryl methyl sites for hydroxylation is 1. The first-order valence-electron chi connectivity index (χ1n) is 5.45. The molecule has 0 unspecified atom stereocenters. The largest absolute Gasteiger partial charge is 0.305 e. The van der Waals surface area contributed by atoms with Crippen LogP contribution in [-0.2, 0) is 13.0 Å². The average Bonchev–Trinajstić information content (AvgIpc) is 2.16. The van der Waals surface area contributed by atoms with Crippen LogP contribution in [0, 0.1) is 0 Å². The molecule has 0 aromatic heterocycles. The summed E-state index contributed by atoms with van der Waals surface area (Å²) in [6.07, 6.45) is 3.79. The smallest absolute Gasteiger partial charge is 0.0230 e. The topological polar surface area (TPSA) is 3.24 Å². The first-order valence-corrected chi connectivity index (χ1v) is 5.45. The molecule has 0 saturated heterocycles. The van der Waals surface area contributed by atoms with Gasteiger partial charge in [-0.25, -0.2) is 0 Å². The summed E-state index contributed by atoms with van der Waals surface area (Å²) in [5, 5.41) is 0. The van der Waals surface area contributed by atoms with Gasteiger partial charge in [0.25, 0.3) is 0 Å². The maximum Gasteiger partial charge on any atom is 0.0230 e. The number of unbranched alkanes of at least 4 members (excludes halogenated alkanes) is 1. The Balaban J connectivity index is 2.69. The molecule has 1 nitrogen and oxygen atoms in total. The Kier molecular flexibility index (Phi) is 4.68. The van der Waals surface area contributed by atoms with Crippen molar-refractivity contribution in [2.75, 3.05) is 14.1 Å². The zero-order valence-electron chi connectivity index (χ0n) is 9.59. The summed E-state index contributed by atoms with van der Waals surface area (Å²) in [4.78, 5) is 2.23. The molecule has 0 aliphatic heterocycles. The second-order valence-corrected chi connectivity index (χ2v) is 4.11. The van der Waals surface area contributed by atoms with Crippen LogP contribution in [0.15, 0.2) is 24.3 Å². The summed E-state index contributed by atoms with van der Waals surface area (Å²) in [6.45, 7) is 3.30. The van der Waals surface area contributed by atoms with Crippen molar-refractivity contribution in [3.05, 3.63) is 35.4 Å². The number of nitrogens with zero attached hydrogens (tertiary/aromatic N) is 1. The fourth-order valence-electron chi connectivity index (χ4n) is 1.66. The van der Waals surface area contributed by atoms with Crippen molar-refractivity contribution in [3.8, 4) is 0 Å². The van der Waals surface area contributed by atoms with Crippen molar-refractivity contribution in [1.82, 2.24) is 4.90 Å². The molecule has 1 aromatic carbocycles. The van der Waals surface area contributed by atoms with Crippen LogP contribution in [0.2, 0.25) is 0 Å². The molecule has 0 aliphatic rings. The highest BCUT2D eigenvalue weighted by atomic mass is 15.0. The normalized spacial score (nSPS) is 10.9. The van der Waals surface area contributed by atoms with Gasteiger partial charge < -0.3 is 4.90 Å². The van der Waals surface area contributed by atoms with E-state index in [0.717, 1.165) is 6.54 Å². The maximum atomic E-state index is 2.26. The summed E-state index contributed by atoms with van der Waals surface area (Å²) in [6, 6.07) is 8.78. The molecule has 1 rings (SSSR count). The lowest BCUT2D eigenvalue weighted by molar-refractivity contribution is 0.400. The monoisotopic (exact) mass is 191 g/mol. The van der Waals surface area contributed by atoms with Crippen molar-refractivity contribution in [2.24, 2.45) is 0 Å². The van der Waals surface area contributed by atoms with E-state index < -0.39 is 0 Å². The molecule has 0 heterocycles. The van der Waals surface area contributed by atoms with Crippen LogP contribution < -0.4 is 0 Å². The quantitative estimate of drug-likeness (QED) is 0.691. The van der Waals surface area contributed by atoms with E-state index in [2.05, 4.69) is 50.2 Å². The third-order valence-corrected chi connectivity index (χ3v) is 2.40. The summed E-state index contributed by atoms with van der Waals surface area (Å²) in [7, 11) is 4.24. The van der Waals surface area contributed by atoms with Gasteiger partial charge in [0.1, 0.15) is 0 Å². The zero-order chi connectivity index (χ0) is 10.4. The van der Waals surface area contributed by atoms with Gasteiger partial charge in [0.2, 0.25) is 0 Å². The predicted octanol–water partition coefficient (Wildman–Crippen LogP) is 3.09. The van der Waals surface area contributed by atoms with E-state index in [-0.39, 0.29) is 0 Å². The molecule has 0 saturated carbocycles. The Morgan fingerprint density at radius 2 is 1.71 bits per heavy atom. The molecule has 1 aromatic rings. The second-order valence-electron chi connectivity index (χ2n) is 4.11. The Morgan fingerprint density at radius 3 is 2.29 bits per heavy atom. The summed E-state index contributed by atoms with van der Waals surface area (Å²) < 4.78 is 0. The molecule has 0 fully saturated rings. The van der Waals surface area contributed by atoms with Gasteiger partial charge in [-0.05, 0) is 38.1 Å². The van der Waals surface area contributed by atoms with Gasteiger partial charge in [0.15, 0.2) is 0 Å². The van der Waals surface area contributed by atoms with Crippen LogP contribution in [0.5, 0.6) is 0 Å². The third kappa shape index (κ3) is 3.51. The molecule has 0 aliphatic carbocycles. The zero-order valence-corrected chi connectivity index (χ0v) is 9.59. The first kappa shape index (κ1) is 11.3. The lowest BCUT2D eigenvalue weighted by Crippen LogP contribution is -2.12. The van der Waals surface area contributed by atoms with Crippen molar-refractivity contribution >= 4 is 0 Å². The fourth-order valence-corrected chi connectivity index (χ4v) is 1.66. The van der Waals surface area contributed by atoms with E-state index in [0.29, 0.717) is 0 Å². The number of hydrogen-bond acceptors (Lipinski definition) is 1. The highest BCUT2D eigenvalue weighted by molar-refractivity contribution is 5.27. The van der Waals surface area contributed by atoms with Gasteiger partial charge in [0, 0.05) is 6.54 Å². The maximum absolute atomic E-state index is 2.26. The van der Waals surface area contributed by atoms with E-state index in [1.54, 1.807) is 0 Å². The summed E-state index contributed by atoms with van der Waals surface area (Å²) in [5.41, 5.74) is 2.99. The number of rotatable bonds is 5. The van der Waals surface area contributed by atoms with Crippen molar-refractivity contribution in [1.29, 1.82) is 0 Å². The highest BCUT2D eigenvalue weighted by Crippen LogP contribution is 2.13. The molecular formula is C13H21N. The molecule has 0 N–H and O–H groups in total. The Labute approximate surface area is 87.7 Å². The predicted molar refractivity (Wildman–Crippen MR) is 62.4 cm³/mol. The van der Waals surface area contributed by atoms with E-state index in [4.69, 9.17) is 0 Å². The Hall–Kier alpha value is -0.820. The summed E-state index contributed by atoms with van der Waals surface area (Å²) in [5.74, 6) is 0. The van der Waals surface area contributed by atoms with E-state index in [1.165, 1.54) is 30.4 Å². The lowest BCUT2D eigenvalue weighted by Gasteiger charge is -2.13. The van der Waals surface area contributed by atoms with Gasteiger partial charge in [-0.15, -0.1) is 0 Å². The van der Waals surface area contributed by atoms with Crippen LogP contribution >= 0.6 is 0 Å². The minimum Gasteiger partial charge on any atom is -0.305 e. The first-order chi connectivity index (χ1) is 6.74. The number of hydrogen-bond donors (Lipinski definition) is 0. The molecule has 0 bridgehead atoms. The Bertz CT molecular complexity index is 266. The molecule has 1 heteroatoms. The van der Waals surface area contributed by atoms with E-state index >= 15 is 0 Å². The fraction of sp³-hybridized carbons (Fsp3) is 0.538. The molecule has 78 valence electrons. The van der Waals surface area contributed by atoms with Crippen LogP contribution in [0.25, 0.3) is 0 Å². The van der Waals surface area contributed by atoms with Gasteiger partial charge in [0.05, 0.1) is 0 Å². The Morgan fingerprint density at radius 1 is 1.07 bits per heavy atom. The molecule has 0 amide bonds. The van der Waals surface area contributed by atoms with Gasteiger partial charge >= 0.3 is 0 Å². The average molecular weight is 191 g/mol. The van der Waals surface area contributed by atoms with Gasteiger partial charge in [-0.2, -0.15) is 0 Å². The third-order valence-electron chi connectivity index (χ3n) is 2.40. The SMILES string of the molecule is CCCCc1ccccc1CN(C)C. The van der Waals surface area contributed by atoms with Crippen molar-refractivity contribution in [3.63, 3.8) is 0 Å².